The predicted octanol–water partition coefficient (Wildman–Crippen LogP) is 3.16. The number of nitrogens with one attached hydrogen (secondary N) is 1. The van der Waals surface area contributed by atoms with Crippen LogP contribution in [0.1, 0.15) is 5.56 Å². The van der Waals surface area contributed by atoms with Crippen LogP contribution in [0.2, 0.25) is 5.02 Å². The molecule has 1 amide bonds. The lowest BCUT2D eigenvalue weighted by molar-refractivity contribution is -0.117. The van der Waals surface area contributed by atoms with Crippen LogP contribution in [0.15, 0.2) is 65.7 Å². The number of nitrogens with zero attached hydrogens (tertiary/aromatic N) is 4. The Morgan fingerprint density at radius 1 is 1.14 bits per heavy atom. The molecule has 0 fully saturated rings. The zero-order chi connectivity index (χ0) is 19.7. The van der Waals surface area contributed by atoms with Gasteiger partial charge in [-0.25, -0.2) is 9.20 Å². The largest absolute Gasteiger partial charge is 0.323 e. The van der Waals surface area contributed by atoms with Crippen LogP contribution in [0.5, 0.6) is 0 Å². The first-order chi connectivity index (χ1) is 13.5. The number of rotatable bonds is 4. The molecule has 7 nitrogen and oxygen atoms in total. The van der Waals surface area contributed by atoms with E-state index in [0.717, 1.165) is 15.8 Å². The van der Waals surface area contributed by atoms with E-state index in [4.69, 9.17) is 11.6 Å². The zero-order valence-electron chi connectivity index (χ0n) is 15.0. The maximum atomic E-state index is 12.7. The van der Waals surface area contributed by atoms with Crippen molar-refractivity contribution in [3.63, 3.8) is 0 Å². The molecule has 0 aliphatic heterocycles. The zero-order valence-corrected chi connectivity index (χ0v) is 15.7. The molecule has 2 heterocycles. The highest BCUT2D eigenvalue weighted by Gasteiger charge is 2.13. The van der Waals surface area contributed by atoms with Crippen molar-refractivity contribution in [1.29, 1.82) is 0 Å². The van der Waals surface area contributed by atoms with Gasteiger partial charge >= 0.3 is 0 Å². The number of fused-ring (bicyclic) bond motifs is 1. The number of carbonyl (C=O) groups excluding carboxylic acids is 1. The molecule has 0 saturated carbocycles. The summed E-state index contributed by atoms with van der Waals surface area (Å²) in [7, 11) is 0. The molecule has 2 aromatic carbocycles. The van der Waals surface area contributed by atoms with Crippen LogP contribution in [-0.2, 0) is 11.3 Å². The van der Waals surface area contributed by atoms with E-state index in [0.29, 0.717) is 21.9 Å². The van der Waals surface area contributed by atoms with Gasteiger partial charge in [0.2, 0.25) is 5.91 Å². The van der Waals surface area contributed by atoms with E-state index in [9.17, 15) is 9.59 Å². The molecule has 0 bridgehead atoms. The van der Waals surface area contributed by atoms with Crippen molar-refractivity contribution in [2.45, 2.75) is 13.5 Å². The quantitative estimate of drug-likeness (QED) is 0.577. The van der Waals surface area contributed by atoms with Crippen LogP contribution in [0.25, 0.3) is 16.8 Å². The number of halogens is 1. The van der Waals surface area contributed by atoms with Gasteiger partial charge in [0.05, 0.1) is 16.4 Å². The van der Waals surface area contributed by atoms with Crippen LogP contribution >= 0.6 is 11.6 Å². The van der Waals surface area contributed by atoms with Crippen molar-refractivity contribution in [3.05, 3.63) is 81.9 Å². The molecule has 0 atom stereocenters. The van der Waals surface area contributed by atoms with E-state index >= 15 is 0 Å². The van der Waals surface area contributed by atoms with Gasteiger partial charge in [0, 0.05) is 5.56 Å². The maximum absolute atomic E-state index is 12.7. The second kappa shape index (κ2) is 7.28. The minimum Gasteiger partial charge on any atom is -0.323 e. The van der Waals surface area contributed by atoms with Crippen molar-refractivity contribution >= 4 is 28.7 Å². The number of para-hydroxylation sites is 1. The summed E-state index contributed by atoms with van der Waals surface area (Å²) in [4.78, 5) is 25.0. The molecule has 4 rings (SSSR count). The van der Waals surface area contributed by atoms with Gasteiger partial charge in [0.15, 0.2) is 0 Å². The normalized spacial score (nSPS) is 10.9. The van der Waals surface area contributed by atoms with E-state index in [1.165, 1.54) is 10.8 Å². The summed E-state index contributed by atoms with van der Waals surface area (Å²) in [5.74, 6) is -0.398. The van der Waals surface area contributed by atoms with Gasteiger partial charge in [-0.2, -0.15) is 10.2 Å². The van der Waals surface area contributed by atoms with E-state index in [-0.39, 0.29) is 6.54 Å². The standard InChI is InChI=1S/C20H16ClN5O2/c1-13-6-8-14(9-7-13)17-10-18-20(28)25(22-12-26(18)24-17)11-19(27)23-16-5-3-2-4-15(16)21/h2-10,12H,11H2,1H3,(H,23,27). The molecular weight excluding hydrogens is 378 g/mol. The SMILES string of the molecule is Cc1ccc(-c2cc3c(=O)n(CC(=O)Nc4ccccc4Cl)ncn3n2)cc1. The van der Waals surface area contributed by atoms with Crippen molar-refractivity contribution in [1.82, 2.24) is 19.4 Å². The Kier molecular flexibility index (Phi) is 4.67. The van der Waals surface area contributed by atoms with Crippen molar-refractivity contribution < 1.29 is 4.79 Å². The Hall–Kier alpha value is -3.45. The molecule has 0 aliphatic carbocycles. The molecule has 0 spiro atoms. The summed E-state index contributed by atoms with van der Waals surface area (Å²) in [6.45, 7) is 1.77. The van der Waals surface area contributed by atoms with Gasteiger partial charge in [-0.15, -0.1) is 0 Å². The second-order valence-electron chi connectivity index (χ2n) is 6.35. The average molecular weight is 394 g/mol. The Morgan fingerprint density at radius 3 is 2.64 bits per heavy atom. The summed E-state index contributed by atoms with van der Waals surface area (Å²) in [6.07, 6.45) is 1.41. The molecule has 140 valence electrons. The first-order valence-electron chi connectivity index (χ1n) is 8.58. The third-order valence-corrected chi connectivity index (χ3v) is 4.61. The minimum atomic E-state index is -0.400. The lowest BCUT2D eigenvalue weighted by Gasteiger charge is -2.08. The van der Waals surface area contributed by atoms with Crippen molar-refractivity contribution in [2.24, 2.45) is 0 Å². The molecule has 4 aromatic rings. The lowest BCUT2D eigenvalue weighted by atomic mass is 10.1. The Labute approximate surface area is 165 Å². The number of amides is 1. The third-order valence-electron chi connectivity index (χ3n) is 4.28. The van der Waals surface area contributed by atoms with Gasteiger partial charge in [0.25, 0.3) is 5.56 Å². The number of aryl methyl sites for hydroxylation is 1. The first kappa shape index (κ1) is 17.9. The van der Waals surface area contributed by atoms with Gasteiger partial charge in [-0.05, 0) is 25.1 Å². The summed E-state index contributed by atoms with van der Waals surface area (Å²) in [6, 6.07) is 16.4. The second-order valence-corrected chi connectivity index (χ2v) is 6.75. The highest BCUT2D eigenvalue weighted by molar-refractivity contribution is 6.33. The Morgan fingerprint density at radius 2 is 1.89 bits per heavy atom. The molecule has 28 heavy (non-hydrogen) atoms. The van der Waals surface area contributed by atoms with E-state index in [1.807, 2.05) is 31.2 Å². The molecular formula is C20H16ClN5O2. The van der Waals surface area contributed by atoms with E-state index in [2.05, 4.69) is 15.5 Å². The summed E-state index contributed by atoms with van der Waals surface area (Å²) in [5, 5.41) is 11.5. The third kappa shape index (κ3) is 3.52. The fraction of sp³-hybridized carbons (Fsp3) is 0.100. The molecule has 0 saturated heterocycles. The predicted molar refractivity (Wildman–Crippen MR) is 108 cm³/mol. The molecule has 0 unspecified atom stereocenters. The maximum Gasteiger partial charge on any atom is 0.293 e. The molecule has 2 aromatic heterocycles. The Balaban J connectivity index is 1.61. The smallest absolute Gasteiger partial charge is 0.293 e. The first-order valence-corrected chi connectivity index (χ1v) is 8.96. The topological polar surface area (TPSA) is 81.3 Å². The Bertz CT molecular complexity index is 1230. The summed E-state index contributed by atoms with van der Waals surface area (Å²) < 4.78 is 2.52. The summed E-state index contributed by atoms with van der Waals surface area (Å²) >= 11 is 6.04. The van der Waals surface area contributed by atoms with Gasteiger partial charge < -0.3 is 5.32 Å². The van der Waals surface area contributed by atoms with Crippen LogP contribution in [0.3, 0.4) is 0 Å². The number of hydrogen-bond acceptors (Lipinski definition) is 4. The molecule has 1 N–H and O–H groups in total. The van der Waals surface area contributed by atoms with Crippen LogP contribution in [0.4, 0.5) is 5.69 Å². The van der Waals surface area contributed by atoms with Crippen molar-refractivity contribution in [2.75, 3.05) is 5.32 Å². The fourth-order valence-corrected chi connectivity index (χ4v) is 2.99. The van der Waals surface area contributed by atoms with Gasteiger partial charge in [0.1, 0.15) is 18.4 Å². The van der Waals surface area contributed by atoms with Crippen LogP contribution < -0.4 is 10.9 Å². The summed E-state index contributed by atoms with van der Waals surface area (Å²) in [5.41, 5.74) is 3.13. The average Bonchev–Trinajstić information content (AvgIpc) is 3.12. The minimum absolute atomic E-state index is 0.231. The highest BCUT2D eigenvalue weighted by atomic mass is 35.5. The number of aromatic nitrogens is 4. The van der Waals surface area contributed by atoms with Gasteiger partial charge in [-0.3, -0.25) is 9.59 Å². The van der Waals surface area contributed by atoms with E-state index < -0.39 is 11.5 Å². The van der Waals surface area contributed by atoms with Crippen LogP contribution in [0, 0.1) is 6.92 Å². The molecule has 0 radical (unpaired) electrons. The van der Waals surface area contributed by atoms with Gasteiger partial charge in [-0.1, -0.05) is 53.6 Å². The monoisotopic (exact) mass is 393 g/mol. The molecule has 0 aliphatic rings. The van der Waals surface area contributed by atoms with Crippen LogP contribution in [-0.4, -0.2) is 25.3 Å². The van der Waals surface area contributed by atoms with Crippen molar-refractivity contribution in [3.8, 4) is 11.3 Å². The number of anilines is 1. The van der Waals surface area contributed by atoms with E-state index in [1.54, 1.807) is 30.3 Å². The number of hydrogen-bond donors (Lipinski definition) is 1. The lowest BCUT2D eigenvalue weighted by Crippen LogP contribution is -2.30. The number of carbonyl (C=O) groups is 1. The number of benzene rings is 2. The highest BCUT2D eigenvalue weighted by Crippen LogP contribution is 2.20. The fourth-order valence-electron chi connectivity index (χ4n) is 2.80. The molecule has 8 heteroatoms.